The first-order valence-electron chi connectivity index (χ1n) is 9.88. The smallest absolute Gasteiger partial charge is 0.197 e. The summed E-state index contributed by atoms with van der Waals surface area (Å²) in [5.41, 5.74) is 0.758. The summed E-state index contributed by atoms with van der Waals surface area (Å²) in [6.45, 7) is 4.46. The zero-order valence-corrected chi connectivity index (χ0v) is 16.1. The Bertz CT molecular complexity index is 654. The highest BCUT2D eigenvalue weighted by Crippen LogP contribution is 2.66. The molecule has 0 radical (unpaired) electrons. The lowest BCUT2D eigenvalue weighted by atomic mass is 9.46. The Labute approximate surface area is 155 Å². The Morgan fingerprint density at radius 3 is 2.60 bits per heavy atom. The van der Waals surface area contributed by atoms with Gasteiger partial charge in [-0.3, -0.25) is 9.59 Å². The van der Waals surface area contributed by atoms with Crippen LogP contribution < -0.4 is 0 Å². The van der Waals surface area contributed by atoms with E-state index in [-0.39, 0.29) is 22.4 Å². The third kappa shape index (κ3) is 2.30. The van der Waals surface area contributed by atoms with Gasteiger partial charge in [0.1, 0.15) is 5.78 Å². The van der Waals surface area contributed by atoms with Crippen molar-refractivity contribution in [1.82, 2.24) is 0 Å². The number of hydrogen-bond donors (Lipinski definition) is 1. The van der Waals surface area contributed by atoms with Crippen molar-refractivity contribution in [2.45, 2.75) is 65.2 Å². The van der Waals surface area contributed by atoms with Crippen LogP contribution in [0.4, 0.5) is 0 Å². The van der Waals surface area contributed by atoms with E-state index >= 15 is 0 Å². The largest absolute Gasteiger partial charge is 0.504 e. The number of fused-ring (bicyclic) bond motifs is 5. The van der Waals surface area contributed by atoms with Crippen molar-refractivity contribution in [1.29, 1.82) is 0 Å². The van der Waals surface area contributed by atoms with Gasteiger partial charge >= 0.3 is 0 Å². The summed E-state index contributed by atoms with van der Waals surface area (Å²) in [6, 6.07) is 0. The van der Waals surface area contributed by atoms with Crippen LogP contribution >= 0.6 is 11.6 Å². The molecule has 0 aromatic carbocycles. The molecule has 0 spiro atoms. The molecule has 0 bridgehead atoms. The lowest BCUT2D eigenvalue weighted by Gasteiger charge is -2.57. The van der Waals surface area contributed by atoms with Crippen LogP contribution in [-0.2, 0) is 9.59 Å². The molecule has 3 fully saturated rings. The number of aliphatic hydroxyl groups is 1. The number of allylic oxidation sites excluding steroid dienone is 1. The second kappa shape index (κ2) is 5.84. The summed E-state index contributed by atoms with van der Waals surface area (Å²) in [7, 11) is 0. The van der Waals surface area contributed by atoms with E-state index < -0.39 is 0 Å². The molecule has 25 heavy (non-hydrogen) atoms. The van der Waals surface area contributed by atoms with E-state index in [2.05, 4.69) is 13.8 Å². The SMILES string of the molecule is C[C@]12CCC(=O)C(O)=C1CC[C@@H]1[C@H]2CC[C@]2(C)C(=O)CC(CCCl)[C@@H]12. The van der Waals surface area contributed by atoms with Gasteiger partial charge in [-0.1, -0.05) is 13.8 Å². The molecule has 138 valence electrons. The average Bonchev–Trinajstić information content (AvgIpc) is 2.83. The monoisotopic (exact) mass is 364 g/mol. The van der Waals surface area contributed by atoms with Crippen molar-refractivity contribution in [2.24, 2.45) is 34.5 Å². The minimum atomic E-state index is -0.179. The van der Waals surface area contributed by atoms with Crippen LogP contribution in [0.15, 0.2) is 11.3 Å². The molecule has 0 aromatic heterocycles. The van der Waals surface area contributed by atoms with Gasteiger partial charge in [-0.15, -0.1) is 11.6 Å². The molecule has 0 saturated heterocycles. The maximum Gasteiger partial charge on any atom is 0.197 e. The fraction of sp³-hybridized carbons (Fsp3) is 0.810. The first-order chi connectivity index (χ1) is 11.8. The second-order valence-corrected chi connectivity index (χ2v) is 9.70. The third-order valence-corrected chi connectivity index (χ3v) is 8.64. The van der Waals surface area contributed by atoms with Gasteiger partial charge < -0.3 is 5.11 Å². The number of rotatable bonds is 2. The molecule has 4 aliphatic rings. The van der Waals surface area contributed by atoms with E-state index in [4.69, 9.17) is 11.6 Å². The predicted octanol–water partition coefficient (Wildman–Crippen LogP) is 4.83. The predicted molar refractivity (Wildman–Crippen MR) is 97.5 cm³/mol. The van der Waals surface area contributed by atoms with E-state index in [1.807, 2.05) is 0 Å². The number of halogens is 1. The van der Waals surface area contributed by atoms with Crippen molar-refractivity contribution in [2.75, 3.05) is 5.88 Å². The number of hydrogen-bond acceptors (Lipinski definition) is 3. The molecular formula is C21H29ClO3. The summed E-state index contributed by atoms with van der Waals surface area (Å²) in [5, 5.41) is 10.4. The van der Waals surface area contributed by atoms with E-state index in [1.165, 1.54) is 0 Å². The molecule has 4 rings (SSSR count). The van der Waals surface area contributed by atoms with Gasteiger partial charge in [0.25, 0.3) is 0 Å². The third-order valence-electron chi connectivity index (χ3n) is 8.42. The van der Waals surface area contributed by atoms with Crippen LogP contribution in [0.2, 0.25) is 0 Å². The number of aliphatic hydroxyl groups excluding tert-OH is 1. The molecule has 0 amide bonds. The Morgan fingerprint density at radius 1 is 1.12 bits per heavy atom. The quantitative estimate of drug-likeness (QED) is 0.714. The standard InChI is InChI=1S/C21H29ClO3/c1-20-9-6-16(23)19(25)15(20)4-3-13-14(20)5-8-21(2)17(24)11-12(7-10-22)18(13)21/h12-14,18,25H,3-11H2,1-2H3/t12?,13-,14-,18+,20-,21-/m1/s1. The van der Waals surface area contributed by atoms with Crippen molar-refractivity contribution in [3.63, 3.8) is 0 Å². The van der Waals surface area contributed by atoms with Crippen molar-refractivity contribution in [3.05, 3.63) is 11.3 Å². The number of carbonyl (C=O) groups is 2. The Kier molecular flexibility index (Phi) is 4.10. The van der Waals surface area contributed by atoms with Gasteiger partial charge in [0.05, 0.1) is 0 Å². The molecule has 6 atom stereocenters. The second-order valence-electron chi connectivity index (χ2n) is 9.32. The molecule has 1 N–H and O–H groups in total. The molecule has 0 aliphatic heterocycles. The summed E-state index contributed by atoms with van der Waals surface area (Å²) >= 11 is 6.06. The van der Waals surface area contributed by atoms with Gasteiger partial charge in [0.15, 0.2) is 11.5 Å². The topological polar surface area (TPSA) is 54.4 Å². The molecule has 4 aliphatic carbocycles. The first-order valence-corrected chi connectivity index (χ1v) is 10.4. The maximum atomic E-state index is 12.8. The first kappa shape index (κ1) is 17.6. The summed E-state index contributed by atoms with van der Waals surface area (Å²) < 4.78 is 0. The van der Waals surface area contributed by atoms with Crippen LogP contribution in [-0.4, -0.2) is 22.6 Å². The van der Waals surface area contributed by atoms with E-state index in [1.54, 1.807) is 0 Å². The van der Waals surface area contributed by atoms with Crippen molar-refractivity contribution < 1.29 is 14.7 Å². The highest BCUT2D eigenvalue weighted by Gasteiger charge is 2.62. The van der Waals surface area contributed by atoms with Gasteiger partial charge in [-0.05, 0) is 73.2 Å². The summed E-state index contributed by atoms with van der Waals surface area (Å²) in [4.78, 5) is 24.8. The van der Waals surface area contributed by atoms with Crippen LogP contribution in [0.1, 0.15) is 65.2 Å². The zero-order chi connectivity index (χ0) is 18.0. The molecule has 1 unspecified atom stereocenters. The van der Waals surface area contributed by atoms with Gasteiger partial charge in [-0.2, -0.15) is 0 Å². The fourth-order valence-corrected chi connectivity index (χ4v) is 7.43. The summed E-state index contributed by atoms with van der Waals surface area (Å²) in [5.74, 6) is 2.88. The van der Waals surface area contributed by atoms with Crippen molar-refractivity contribution >= 4 is 23.2 Å². The normalized spacial score (nSPS) is 46.7. The Morgan fingerprint density at radius 2 is 1.88 bits per heavy atom. The van der Waals surface area contributed by atoms with Gasteiger partial charge in [-0.25, -0.2) is 0 Å². The van der Waals surface area contributed by atoms with Gasteiger partial charge in [0, 0.05) is 24.1 Å². The highest BCUT2D eigenvalue weighted by molar-refractivity contribution is 6.17. The highest BCUT2D eigenvalue weighted by atomic mass is 35.5. The molecule has 4 heteroatoms. The minimum Gasteiger partial charge on any atom is -0.504 e. The lowest BCUT2D eigenvalue weighted by molar-refractivity contribution is -0.133. The average molecular weight is 365 g/mol. The van der Waals surface area contributed by atoms with Crippen molar-refractivity contribution in [3.8, 4) is 0 Å². The van der Waals surface area contributed by atoms with E-state index in [9.17, 15) is 14.7 Å². The molecule has 3 saturated carbocycles. The Balaban J connectivity index is 1.73. The fourth-order valence-electron chi connectivity index (χ4n) is 7.15. The maximum absolute atomic E-state index is 12.8. The number of Topliss-reactive ketones (excluding diaryl/α,β-unsaturated/α-hetero) is 2. The number of carbonyl (C=O) groups excluding carboxylic acids is 2. The van der Waals surface area contributed by atoms with E-state index in [0.29, 0.717) is 48.2 Å². The minimum absolute atomic E-state index is 0.0559. The van der Waals surface area contributed by atoms with Crippen LogP contribution in [0, 0.1) is 34.5 Å². The number of ketones is 2. The summed E-state index contributed by atoms with van der Waals surface area (Å²) in [6.07, 6.45) is 6.74. The van der Waals surface area contributed by atoms with Gasteiger partial charge in [0.2, 0.25) is 0 Å². The molecule has 0 aromatic rings. The van der Waals surface area contributed by atoms with Crippen LogP contribution in [0.5, 0.6) is 0 Å². The Hall–Kier alpha value is -0.830. The number of alkyl halides is 1. The zero-order valence-electron chi connectivity index (χ0n) is 15.3. The van der Waals surface area contributed by atoms with Crippen LogP contribution in [0.25, 0.3) is 0 Å². The molecule has 3 nitrogen and oxygen atoms in total. The van der Waals surface area contributed by atoms with E-state index in [0.717, 1.165) is 44.1 Å². The lowest BCUT2D eigenvalue weighted by Crippen LogP contribution is -2.52. The van der Waals surface area contributed by atoms with Crippen LogP contribution in [0.3, 0.4) is 0 Å². The molecular weight excluding hydrogens is 336 g/mol. The molecule has 0 heterocycles.